The molecule has 0 aliphatic carbocycles. The number of benzene rings is 2. The first kappa shape index (κ1) is 22.2. The lowest BCUT2D eigenvalue weighted by molar-refractivity contribution is -0.125. The van der Waals surface area contributed by atoms with E-state index in [4.69, 9.17) is 14.1 Å². The van der Waals surface area contributed by atoms with Crippen LogP contribution in [0.4, 0.5) is 5.69 Å². The molecule has 0 fully saturated rings. The number of aryl methyl sites for hydroxylation is 1. The van der Waals surface area contributed by atoms with E-state index in [0.29, 0.717) is 17.0 Å². The number of hydrogen-bond acceptors (Lipinski definition) is 7. The predicted molar refractivity (Wildman–Crippen MR) is 139 cm³/mol. The Balaban J connectivity index is 1.36. The average molecular weight is 496 g/mol. The molecule has 7 nitrogen and oxygen atoms in total. The summed E-state index contributed by atoms with van der Waals surface area (Å²) < 4.78 is 11.6. The number of fused-ring (bicyclic) bond motifs is 2. The standard InChI is InChI=1S/C28H21N3O4S/c1-16-28(33)31(15-22(32)25-14-18-7-3-4-9-23(18)35-25)21-13-19(10-11-24(21)34-16)26-17(2)36-27(30-26)20-8-5-6-12-29-20/h3-14,16H,15H2,1-2H3. The minimum Gasteiger partial charge on any atom is -0.479 e. The van der Waals surface area contributed by atoms with Crippen LogP contribution in [-0.2, 0) is 4.79 Å². The van der Waals surface area contributed by atoms with Gasteiger partial charge in [-0.05, 0) is 56.3 Å². The number of Topliss-reactive ketones (excluding diaryl/α,β-unsaturated/α-hetero) is 1. The number of furan rings is 1. The van der Waals surface area contributed by atoms with Gasteiger partial charge < -0.3 is 9.15 Å². The van der Waals surface area contributed by atoms with Crippen molar-refractivity contribution in [3.05, 3.63) is 83.6 Å². The van der Waals surface area contributed by atoms with E-state index in [1.54, 1.807) is 30.5 Å². The van der Waals surface area contributed by atoms with Gasteiger partial charge in [0.1, 0.15) is 16.3 Å². The molecule has 6 rings (SSSR count). The summed E-state index contributed by atoms with van der Waals surface area (Å²) in [4.78, 5) is 38.0. The summed E-state index contributed by atoms with van der Waals surface area (Å²) in [7, 11) is 0. The van der Waals surface area contributed by atoms with Crippen LogP contribution in [0.3, 0.4) is 0 Å². The fraction of sp³-hybridized carbons (Fsp3) is 0.143. The highest BCUT2D eigenvalue weighted by Gasteiger charge is 2.34. The van der Waals surface area contributed by atoms with Crippen LogP contribution in [0.2, 0.25) is 0 Å². The number of pyridine rings is 1. The highest BCUT2D eigenvalue weighted by atomic mass is 32.1. The molecule has 36 heavy (non-hydrogen) atoms. The second kappa shape index (κ2) is 8.73. The molecule has 2 aromatic carbocycles. The van der Waals surface area contributed by atoms with Crippen LogP contribution in [0.5, 0.6) is 5.75 Å². The van der Waals surface area contributed by atoms with Gasteiger partial charge in [-0.1, -0.05) is 24.3 Å². The molecule has 1 aliphatic heterocycles. The number of carbonyl (C=O) groups excluding carboxylic acids is 2. The fourth-order valence-electron chi connectivity index (χ4n) is 4.32. The zero-order chi connectivity index (χ0) is 24.8. The van der Waals surface area contributed by atoms with Gasteiger partial charge in [-0.2, -0.15) is 0 Å². The quantitative estimate of drug-likeness (QED) is 0.281. The number of hydrogen-bond donors (Lipinski definition) is 0. The molecule has 5 aromatic rings. The molecule has 1 amide bonds. The van der Waals surface area contributed by atoms with Gasteiger partial charge in [-0.3, -0.25) is 19.5 Å². The number of aromatic nitrogens is 2. The second-order valence-electron chi connectivity index (χ2n) is 8.58. The van der Waals surface area contributed by atoms with Crippen LogP contribution in [0.1, 0.15) is 22.4 Å². The van der Waals surface area contributed by atoms with Crippen LogP contribution in [0, 0.1) is 6.92 Å². The molecule has 178 valence electrons. The first-order valence-electron chi connectivity index (χ1n) is 11.5. The van der Waals surface area contributed by atoms with Crippen molar-refractivity contribution in [3.8, 4) is 27.7 Å². The number of anilines is 1. The minimum atomic E-state index is -0.705. The minimum absolute atomic E-state index is 0.155. The van der Waals surface area contributed by atoms with Gasteiger partial charge in [0.05, 0.1) is 23.6 Å². The highest BCUT2D eigenvalue weighted by molar-refractivity contribution is 7.15. The lowest BCUT2D eigenvalue weighted by atomic mass is 10.1. The Bertz CT molecular complexity index is 1590. The first-order valence-corrected chi connectivity index (χ1v) is 12.3. The molecular weight excluding hydrogens is 474 g/mol. The Hall–Kier alpha value is -4.30. The molecule has 0 N–H and O–H groups in total. The normalized spacial score (nSPS) is 15.1. The Morgan fingerprint density at radius 3 is 2.72 bits per heavy atom. The zero-order valence-corrected chi connectivity index (χ0v) is 20.4. The maximum Gasteiger partial charge on any atom is 0.268 e. The first-order chi connectivity index (χ1) is 17.5. The van der Waals surface area contributed by atoms with Crippen LogP contribution in [-0.4, -0.2) is 34.3 Å². The maximum atomic E-state index is 13.2. The molecular formula is C28H21N3O4S. The number of rotatable bonds is 5. The third-order valence-electron chi connectivity index (χ3n) is 6.12. The molecule has 1 aliphatic rings. The molecule has 8 heteroatoms. The van der Waals surface area contributed by atoms with Crippen molar-refractivity contribution in [2.45, 2.75) is 20.0 Å². The van der Waals surface area contributed by atoms with Gasteiger partial charge in [-0.25, -0.2) is 4.98 Å². The smallest absolute Gasteiger partial charge is 0.268 e. The molecule has 0 radical (unpaired) electrons. The second-order valence-corrected chi connectivity index (χ2v) is 9.78. The Morgan fingerprint density at radius 1 is 1.08 bits per heavy atom. The lowest BCUT2D eigenvalue weighted by Gasteiger charge is -2.32. The van der Waals surface area contributed by atoms with Crippen LogP contribution >= 0.6 is 11.3 Å². The summed E-state index contributed by atoms with van der Waals surface area (Å²) >= 11 is 1.56. The highest BCUT2D eigenvalue weighted by Crippen LogP contribution is 2.40. The molecule has 1 unspecified atom stereocenters. The summed E-state index contributed by atoms with van der Waals surface area (Å²) in [6, 6.07) is 20.5. The summed E-state index contributed by atoms with van der Waals surface area (Å²) in [5.74, 6) is 0.192. The third kappa shape index (κ3) is 3.85. The molecule has 0 saturated carbocycles. The van der Waals surface area contributed by atoms with Crippen LogP contribution in [0.25, 0.3) is 32.9 Å². The monoisotopic (exact) mass is 495 g/mol. The number of ketones is 1. The van der Waals surface area contributed by atoms with E-state index in [0.717, 1.165) is 32.2 Å². The van der Waals surface area contributed by atoms with E-state index in [9.17, 15) is 9.59 Å². The van der Waals surface area contributed by atoms with Gasteiger partial charge in [0, 0.05) is 22.0 Å². The number of thiazole rings is 1. The number of ether oxygens (including phenoxy) is 1. The van der Waals surface area contributed by atoms with Gasteiger partial charge in [0.25, 0.3) is 5.91 Å². The van der Waals surface area contributed by atoms with Gasteiger partial charge in [0.2, 0.25) is 5.78 Å². The topological polar surface area (TPSA) is 85.5 Å². The van der Waals surface area contributed by atoms with Crippen molar-refractivity contribution in [3.63, 3.8) is 0 Å². The Morgan fingerprint density at radius 2 is 1.92 bits per heavy atom. The van der Waals surface area contributed by atoms with Gasteiger partial charge in [0.15, 0.2) is 11.9 Å². The van der Waals surface area contributed by atoms with E-state index in [-0.39, 0.29) is 24.0 Å². The van der Waals surface area contributed by atoms with E-state index >= 15 is 0 Å². The number of amides is 1. The molecule has 0 spiro atoms. The van der Waals surface area contributed by atoms with E-state index in [1.807, 2.05) is 67.6 Å². The molecule has 4 heterocycles. The van der Waals surface area contributed by atoms with Crippen LogP contribution in [0.15, 0.2) is 77.3 Å². The predicted octanol–water partition coefficient (Wildman–Crippen LogP) is 5.92. The zero-order valence-electron chi connectivity index (χ0n) is 19.6. The summed E-state index contributed by atoms with van der Waals surface area (Å²) in [6.45, 7) is 3.53. The van der Waals surface area contributed by atoms with Crippen molar-refractivity contribution in [1.29, 1.82) is 0 Å². The molecule has 1 atom stereocenters. The average Bonchev–Trinajstić information content (AvgIpc) is 3.51. The van der Waals surface area contributed by atoms with Crippen molar-refractivity contribution < 1.29 is 18.7 Å². The number of nitrogens with zero attached hydrogens (tertiary/aromatic N) is 3. The lowest BCUT2D eigenvalue weighted by Crippen LogP contribution is -2.46. The fourth-order valence-corrected chi connectivity index (χ4v) is 5.23. The number of para-hydroxylation sites is 1. The Labute approximate surface area is 211 Å². The van der Waals surface area contributed by atoms with E-state index in [2.05, 4.69) is 4.98 Å². The van der Waals surface area contributed by atoms with Crippen molar-refractivity contribution >= 4 is 39.7 Å². The summed E-state index contributed by atoms with van der Waals surface area (Å²) in [5, 5.41) is 1.66. The van der Waals surface area contributed by atoms with Gasteiger partial charge >= 0.3 is 0 Å². The summed E-state index contributed by atoms with van der Waals surface area (Å²) in [5.41, 5.74) is 3.61. The third-order valence-corrected chi connectivity index (χ3v) is 7.12. The van der Waals surface area contributed by atoms with Gasteiger partial charge in [-0.15, -0.1) is 11.3 Å². The van der Waals surface area contributed by atoms with E-state index < -0.39 is 6.10 Å². The molecule has 0 bridgehead atoms. The van der Waals surface area contributed by atoms with Crippen LogP contribution < -0.4 is 9.64 Å². The molecule has 0 saturated heterocycles. The SMILES string of the molecule is Cc1sc(-c2ccccn2)nc1-c1ccc2c(c1)N(CC(=O)c1cc3ccccc3o1)C(=O)C(C)O2. The van der Waals surface area contributed by atoms with Crippen molar-refractivity contribution in [2.24, 2.45) is 0 Å². The van der Waals surface area contributed by atoms with Crippen molar-refractivity contribution in [1.82, 2.24) is 9.97 Å². The Kier molecular flexibility index (Phi) is 5.38. The molecule has 3 aromatic heterocycles. The summed E-state index contributed by atoms with van der Waals surface area (Å²) in [6.07, 6.45) is 1.04. The van der Waals surface area contributed by atoms with E-state index in [1.165, 1.54) is 4.90 Å². The number of carbonyl (C=O) groups is 2. The maximum absolute atomic E-state index is 13.2. The van der Waals surface area contributed by atoms with Crippen molar-refractivity contribution in [2.75, 3.05) is 11.4 Å². The largest absolute Gasteiger partial charge is 0.479 e.